The highest BCUT2D eigenvalue weighted by Crippen LogP contribution is 2.33. The minimum atomic E-state index is -0.333. The van der Waals surface area contributed by atoms with Crippen molar-refractivity contribution in [3.05, 3.63) is 81.3 Å². The zero-order chi connectivity index (χ0) is 16.8. The van der Waals surface area contributed by atoms with E-state index in [9.17, 15) is 9.59 Å². The van der Waals surface area contributed by atoms with Gasteiger partial charge in [-0.25, -0.2) is 0 Å². The van der Waals surface area contributed by atoms with E-state index in [0.717, 1.165) is 5.39 Å². The summed E-state index contributed by atoms with van der Waals surface area (Å²) in [4.78, 5) is 26.9. The minimum Gasteiger partial charge on any atom is -0.270 e. The molecule has 0 atom stereocenters. The first kappa shape index (κ1) is 15.2. The van der Waals surface area contributed by atoms with E-state index in [1.54, 1.807) is 30.3 Å². The normalized spacial score (nSPS) is 13.7. The van der Waals surface area contributed by atoms with Crippen molar-refractivity contribution in [3.8, 4) is 0 Å². The van der Waals surface area contributed by atoms with Crippen LogP contribution in [0.2, 0.25) is 10.0 Å². The van der Waals surface area contributed by atoms with Crippen LogP contribution < -0.4 is 0 Å². The third-order valence-electron chi connectivity index (χ3n) is 4.23. The topological polar surface area (TPSA) is 37.4 Å². The van der Waals surface area contributed by atoms with Gasteiger partial charge in [0, 0.05) is 32.1 Å². The number of halogens is 2. The van der Waals surface area contributed by atoms with Crippen molar-refractivity contribution in [1.82, 2.24) is 4.90 Å². The lowest BCUT2D eigenvalue weighted by Crippen LogP contribution is -2.39. The smallest absolute Gasteiger partial charge is 0.261 e. The second-order valence-corrected chi connectivity index (χ2v) is 6.42. The number of benzene rings is 3. The molecular formula is C19H11Cl2NO2. The highest BCUT2D eigenvalue weighted by Gasteiger charge is 2.33. The first-order valence-corrected chi connectivity index (χ1v) is 8.14. The second kappa shape index (κ2) is 5.62. The SMILES string of the molecule is O=C1c2cccc3cccc(c23)C(=O)N1Cc1c(Cl)cccc1Cl. The Kier molecular flexibility index (Phi) is 3.56. The van der Waals surface area contributed by atoms with Gasteiger partial charge in [-0.05, 0) is 29.7 Å². The number of imide groups is 1. The Morgan fingerprint density at radius 2 is 1.25 bits per heavy atom. The van der Waals surface area contributed by atoms with Crippen LogP contribution in [0.3, 0.4) is 0 Å². The van der Waals surface area contributed by atoms with Gasteiger partial charge in [0.1, 0.15) is 0 Å². The van der Waals surface area contributed by atoms with Gasteiger partial charge in [0.25, 0.3) is 11.8 Å². The number of rotatable bonds is 2. The number of carbonyl (C=O) groups excluding carboxylic acids is 2. The van der Waals surface area contributed by atoms with Gasteiger partial charge >= 0.3 is 0 Å². The number of amides is 2. The van der Waals surface area contributed by atoms with E-state index < -0.39 is 0 Å². The number of nitrogens with zero attached hydrogens (tertiary/aromatic N) is 1. The maximum Gasteiger partial charge on any atom is 0.261 e. The van der Waals surface area contributed by atoms with Gasteiger partial charge in [-0.15, -0.1) is 0 Å². The maximum absolute atomic E-state index is 12.9. The van der Waals surface area contributed by atoms with E-state index >= 15 is 0 Å². The molecule has 3 aromatic rings. The molecule has 2 amide bonds. The van der Waals surface area contributed by atoms with E-state index in [4.69, 9.17) is 23.2 Å². The molecule has 0 unspecified atom stereocenters. The monoisotopic (exact) mass is 355 g/mol. The number of hydrogen-bond donors (Lipinski definition) is 0. The van der Waals surface area contributed by atoms with Crippen molar-refractivity contribution in [1.29, 1.82) is 0 Å². The van der Waals surface area contributed by atoms with Crippen molar-refractivity contribution in [3.63, 3.8) is 0 Å². The Bertz CT molecular complexity index is 942. The van der Waals surface area contributed by atoms with Crippen molar-refractivity contribution >= 4 is 45.8 Å². The highest BCUT2D eigenvalue weighted by atomic mass is 35.5. The van der Waals surface area contributed by atoms with Crippen LogP contribution in [-0.2, 0) is 6.54 Å². The Balaban J connectivity index is 1.86. The van der Waals surface area contributed by atoms with Crippen LogP contribution in [0.25, 0.3) is 10.8 Å². The van der Waals surface area contributed by atoms with Crippen LogP contribution in [0.1, 0.15) is 26.3 Å². The molecule has 1 heterocycles. The molecule has 118 valence electrons. The first-order valence-electron chi connectivity index (χ1n) is 7.39. The minimum absolute atomic E-state index is 0.0426. The Labute approximate surface area is 148 Å². The van der Waals surface area contributed by atoms with Crippen LogP contribution in [0.4, 0.5) is 0 Å². The average Bonchev–Trinajstić information content (AvgIpc) is 2.58. The van der Waals surface area contributed by atoms with E-state index in [2.05, 4.69) is 0 Å². The highest BCUT2D eigenvalue weighted by molar-refractivity contribution is 6.36. The molecule has 4 rings (SSSR count). The molecule has 0 bridgehead atoms. The van der Waals surface area contributed by atoms with Crippen LogP contribution in [0, 0.1) is 0 Å². The van der Waals surface area contributed by atoms with Gasteiger partial charge in [-0.1, -0.05) is 53.5 Å². The lowest BCUT2D eigenvalue weighted by atomic mass is 9.94. The maximum atomic E-state index is 12.9. The van der Waals surface area contributed by atoms with Crippen LogP contribution in [0.15, 0.2) is 54.6 Å². The molecule has 0 saturated heterocycles. The predicted octanol–water partition coefficient (Wildman–Crippen LogP) is 4.94. The summed E-state index contributed by atoms with van der Waals surface area (Å²) >= 11 is 12.4. The molecule has 0 aromatic heterocycles. The summed E-state index contributed by atoms with van der Waals surface area (Å²) in [5.41, 5.74) is 1.60. The molecule has 0 fully saturated rings. The number of carbonyl (C=O) groups is 2. The largest absolute Gasteiger partial charge is 0.270 e. The molecule has 0 aliphatic carbocycles. The number of hydrogen-bond acceptors (Lipinski definition) is 2. The molecule has 0 radical (unpaired) electrons. The summed E-state index contributed by atoms with van der Waals surface area (Å²) in [5, 5.41) is 2.44. The van der Waals surface area contributed by atoms with E-state index in [0.29, 0.717) is 32.1 Å². The standard InChI is InChI=1S/C19H11Cl2NO2/c20-15-8-3-9-16(21)14(15)10-22-18(23)12-6-1-4-11-5-2-7-13(17(11)12)19(22)24/h1-9H,10H2. The second-order valence-electron chi connectivity index (χ2n) is 5.61. The van der Waals surface area contributed by atoms with Gasteiger partial charge < -0.3 is 0 Å². The predicted molar refractivity (Wildman–Crippen MR) is 94.6 cm³/mol. The van der Waals surface area contributed by atoms with Gasteiger partial charge in [0.2, 0.25) is 0 Å². The summed E-state index contributed by atoms with van der Waals surface area (Å²) in [5.74, 6) is -0.666. The fraction of sp³-hybridized carbons (Fsp3) is 0.0526. The summed E-state index contributed by atoms with van der Waals surface area (Å²) in [7, 11) is 0. The van der Waals surface area contributed by atoms with E-state index in [1.165, 1.54) is 4.90 Å². The lowest BCUT2D eigenvalue weighted by Gasteiger charge is -2.27. The Hall–Kier alpha value is -2.36. The first-order chi connectivity index (χ1) is 11.6. The third-order valence-corrected chi connectivity index (χ3v) is 4.94. The Morgan fingerprint density at radius 3 is 1.79 bits per heavy atom. The van der Waals surface area contributed by atoms with Crippen LogP contribution >= 0.6 is 23.2 Å². The average molecular weight is 356 g/mol. The molecule has 0 spiro atoms. The molecule has 1 aliphatic heterocycles. The fourth-order valence-electron chi connectivity index (χ4n) is 3.07. The van der Waals surface area contributed by atoms with Crippen LogP contribution in [-0.4, -0.2) is 16.7 Å². The van der Waals surface area contributed by atoms with E-state index in [-0.39, 0.29) is 18.4 Å². The quantitative estimate of drug-likeness (QED) is 0.610. The van der Waals surface area contributed by atoms with Gasteiger partial charge in [0.15, 0.2) is 0 Å². The van der Waals surface area contributed by atoms with Crippen LogP contribution in [0.5, 0.6) is 0 Å². The van der Waals surface area contributed by atoms with Crippen molar-refractivity contribution in [2.24, 2.45) is 0 Å². The van der Waals surface area contributed by atoms with Gasteiger partial charge in [-0.2, -0.15) is 0 Å². The Morgan fingerprint density at radius 1 is 0.750 bits per heavy atom. The molecule has 1 aliphatic rings. The summed E-state index contributed by atoms with van der Waals surface area (Å²) in [6.45, 7) is 0.0426. The summed E-state index contributed by atoms with van der Waals surface area (Å²) in [6.07, 6.45) is 0. The zero-order valence-corrected chi connectivity index (χ0v) is 13.9. The van der Waals surface area contributed by atoms with Crippen molar-refractivity contribution in [2.45, 2.75) is 6.54 Å². The molecule has 24 heavy (non-hydrogen) atoms. The molecule has 5 heteroatoms. The van der Waals surface area contributed by atoms with Crippen molar-refractivity contribution in [2.75, 3.05) is 0 Å². The zero-order valence-electron chi connectivity index (χ0n) is 12.4. The van der Waals surface area contributed by atoms with Gasteiger partial charge in [0.05, 0.1) is 6.54 Å². The molecule has 0 saturated carbocycles. The molecule has 3 nitrogen and oxygen atoms in total. The lowest BCUT2D eigenvalue weighted by molar-refractivity contribution is 0.0598. The van der Waals surface area contributed by atoms with Gasteiger partial charge in [-0.3, -0.25) is 14.5 Å². The molecule has 0 N–H and O–H groups in total. The summed E-state index contributed by atoms with van der Waals surface area (Å²) < 4.78 is 0. The molecular weight excluding hydrogens is 345 g/mol. The fourth-order valence-corrected chi connectivity index (χ4v) is 3.58. The van der Waals surface area contributed by atoms with Crippen molar-refractivity contribution < 1.29 is 9.59 Å². The molecule has 3 aromatic carbocycles. The summed E-state index contributed by atoms with van der Waals surface area (Å²) in [6, 6.07) is 16.0. The third kappa shape index (κ3) is 2.20. The van der Waals surface area contributed by atoms with E-state index in [1.807, 2.05) is 24.3 Å².